The number of aromatic nitrogens is 2. The minimum absolute atomic E-state index is 0.0188. The van der Waals surface area contributed by atoms with E-state index in [0.29, 0.717) is 0 Å². The lowest BCUT2D eigenvalue weighted by atomic mass is 9.82. The zero-order chi connectivity index (χ0) is 37.0. The van der Waals surface area contributed by atoms with E-state index in [4.69, 9.17) is 4.42 Å². The van der Waals surface area contributed by atoms with Gasteiger partial charge < -0.3 is 8.98 Å². The summed E-state index contributed by atoms with van der Waals surface area (Å²) in [5.41, 5.74) is 14.6. The van der Waals surface area contributed by atoms with Gasteiger partial charge in [0, 0.05) is 59.8 Å². The predicted octanol–water partition coefficient (Wildman–Crippen LogP) is 13.2. The molecule has 4 aromatic heterocycles. The van der Waals surface area contributed by atoms with E-state index in [1.807, 2.05) is 22.6 Å². The van der Waals surface area contributed by atoms with Crippen molar-refractivity contribution in [1.29, 1.82) is 0 Å². The van der Waals surface area contributed by atoms with Crippen molar-refractivity contribution in [3.05, 3.63) is 179 Å². The van der Waals surface area contributed by atoms with Crippen LogP contribution in [0.5, 0.6) is 0 Å². The first-order chi connectivity index (χ1) is 27.5. The predicted molar refractivity (Wildman–Crippen MR) is 232 cm³/mol. The van der Waals surface area contributed by atoms with Gasteiger partial charge in [0.05, 0.1) is 22.1 Å². The standard InChI is InChI=1S/C52H32N2O2/c1-52(2)41-18-7-5-14-38(41)48-42(52)24-23-36-33-12-6-8-19-43(33)53(50(36)48)30-22-26-45-40(28-30)47-31(15-10-20-46(47)56-45)29-21-25-44-39(27-29)35-17-9-16-34-32-11-3-4-13-37(32)51(55)54(44)49(34)35/h3-28H,1-2H3. The average molecular weight is 717 g/mol. The lowest BCUT2D eigenvalue weighted by Gasteiger charge is -2.21. The third-order valence-corrected chi connectivity index (χ3v) is 12.9. The average Bonchev–Trinajstić information content (AvgIpc) is 3.95. The number of hydrogen-bond acceptors (Lipinski definition) is 2. The summed E-state index contributed by atoms with van der Waals surface area (Å²) in [6.07, 6.45) is 0. The van der Waals surface area contributed by atoms with Gasteiger partial charge in [-0.25, -0.2) is 0 Å². The summed E-state index contributed by atoms with van der Waals surface area (Å²) in [5, 5.41) is 9.61. The first-order valence-electron chi connectivity index (χ1n) is 19.3. The highest BCUT2D eigenvalue weighted by atomic mass is 16.3. The van der Waals surface area contributed by atoms with Crippen LogP contribution in [0.25, 0.3) is 110 Å². The fourth-order valence-electron chi connectivity index (χ4n) is 10.4. The van der Waals surface area contributed by atoms with E-state index in [0.717, 1.165) is 76.7 Å². The quantitative estimate of drug-likeness (QED) is 0.167. The van der Waals surface area contributed by atoms with Gasteiger partial charge in [0.2, 0.25) is 0 Å². The highest BCUT2D eigenvalue weighted by Crippen LogP contribution is 2.53. The van der Waals surface area contributed by atoms with E-state index in [9.17, 15) is 4.79 Å². The van der Waals surface area contributed by atoms with Crippen molar-refractivity contribution < 1.29 is 4.42 Å². The van der Waals surface area contributed by atoms with Crippen LogP contribution in [-0.4, -0.2) is 8.97 Å². The van der Waals surface area contributed by atoms with Crippen LogP contribution >= 0.6 is 0 Å². The summed E-state index contributed by atoms with van der Waals surface area (Å²) in [7, 11) is 0. The van der Waals surface area contributed by atoms with Gasteiger partial charge in [0.1, 0.15) is 11.2 Å². The summed E-state index contributed by atoms with van der Waals surface area (Å²) < 4.78 is 11.0. The molecule has 12 aromatic rings. The normalized spacial score (nSPS) is 13.8. The van der Waals surface area contributed by atoms with Crippen LogP contribution < -0.4 is 5.56 Å². The molecule has 4 nitrogen and oxygen atoms in total. The van der Waals surface area contributed by atoms with Crippen LogP contribution in [0.3, 0.4) is 0 Å². The minimum Gasteiger partial charge on any atom is -0.456 e. The molecule has 4 heteroatoms. The highest BCUT2D eigenvalue weighted by molar-refractivity contribution is 6.22. The van der Waals surface area contributed by atoms with Gasteiger partial charge >= 0.3 is 0 Å². The molecule has 1 aliphatic rings. The Morgan fingerprint density at radius 1 is 0.482 bits per heavy atom. The van der Waals surface area contributed by atoms with Crippen molar-refractivity contribution >= 4 is 81.7 Å². The van der Waals surface area contributed by atoms with Gasteiger partial charge in [-0.2, -0.15) is 0 Å². The molecule has 1 aliphatic carbocycles. The lowest BCUT2D eigenvalue weighted by molar-refractivity contribution is 0.661. The number of nitrogens with zero attached hydrogens (tertiary/aromatic N) is 2. The van der Waals surface area contributed by atoms with Crippen LogP contribution in [0.15, 0.2) is 167 Å². The lowest BCUT2D eigenvalue weighted by Crippen LogP contribution is -2.14. The Hall–Kier alpha value is -7.17. The number of fused-ring (bicyclic) bond motifs is 15. The van der Waals surface area contributed by atoms with Crippen molar-refractivity contribution in [1.82, 2.24) is 8.97 Å². The molecular weight excluding hydrogens is 685 g/mol. The molecule has 56 heavy (non-hydrogen) atoms. The first kappa shape index (κ1) is 30.2. The number of pyridine rings is 1. The van der Waals surface area contributed by atoms with Gasteiger partial charge in [0.25, 0.3) is 5.56 Å². The van der Waals surface area contributed by atoms with Gasteiger partial charge in [-0.15, -0.1) is 0 Å². The Labute approximate surface area is 320 Å². The first-order valence-corrected chi connectivity index (χ1v) is 19.3. The Morgan fingerprint density at radius 3 is 2.09 bits per heavy atom. The summed E-state index contributed by atoms with van der Waals surface area (Å²) in [6, 6.07) is 56.2. The topological polar surface area (TPSA) is 39.5 Å². The summed E-state index contributed by atoms with van der Waals surface area (Å²) >= 11 is 0. The molecule has 13 rings (SSSR count). The Morgan fingerprint density at radius 2 is 1.20 bits per heavy atom. The maximum atomic E-state index is 14.0. The molecule has 0 amide bonds. The number of rotatable bonds is 2. The molecule has 0 spiro atoms. The maximum Gasteiger partial charge on any atom is 0.263 e. The molecule has 0 bridgehead atoms. The molecule has 0 saturated carbocycles. The molecule has 0 N–H and O–H groups in total. The number of benzene rings is 8. The van der Waals surface area contributed by atoms with E-state index < -0.39 is 0 Å². The summed E-state index contributed by atoms with van der Waals surface area (Å²) in [6.45, 7) is 4.69. The van der Waals surface area contributed by atoms with E-state index in [-0.39, 0.29) is 11.0 Å². The molecule has 8 aromatic carbocycles. The fraction of sp³-hybridized carbons (Fsp3) is 0.0577. The number of hydrogen-bond donors (Lipinski definition) is 0. The Bertz CT molecular complexity index is 3760. The van der Waals surface area contributed by atoms with Gasteiger partial charge in [-0.05, 0) is 81.7 Å². The van der Waals surface area contributed by atoms with E-state index in [2.05, 4.69) is 158 Å². The van der Waals surface area contributed by atoms with Gasteiger partial charge in [-0.1, -0.05) is 123 Å². The molecule has 262 valence electrons. The molecule has 0 fully saturated rings. The second-order valence-corrected chi connectivity index (χ2v) is 16.0. The van der Waals surface area contributed by atoms with Crippen molar-refractivity contribution in [2.45, 2.75) is 19.3 Å². The third kappa shape index (κ3) is 3.62. The molecule has 0 atom stereocenters. The van der Waals surface area contributed by atoms with Crippen molar-refractivity contribution in [3.8, 4) is 27.9 Å². The van der Waals surface area contributed by atoms with E-state index in [1.54, 1.807) is 0 Å². The highest BCUT2D eigenvalue weighted by Gasteiger charge is 2.37. The SMILES string of the molecule is CC1(C)c2ccccc2-c2c1ccc1c3ccccc3n(-c3ccc4oc5cccc(-c6ccc7c(c6)c6cccc8c9ccccc9c(=O)n7c86)c5c4c3)c21. The number of para-hydroxylation sites is 2. The van der Waals surface area contributed by atoms with Crippen LogP contribution in [-0.2, 0) is 5.41 Å². The van der Waals surface area contributed by atoms with Crippen molar-refractivity contribution in [3.63, 3.8) is 0 Å². The van der Waals surface area contributed by atoms with Crippen molar-refractivity contribution in [2.24, 2.45) is 0 Å². The number of furan rings is 1. The summed E-state index contributed by atoms with van der Waals surface area (Å²) in [5.74, 6) is 0. The van der Waals surface area contributed by atoms with Crippen LogP contribution in [0.1, 0.15) is 25.0 Å². The second-order valence-electron chi connectivity index (χ2n) is 16.0. The molecular formula is C52H32N2O2. The second kappa shape index (κ2) is 10.3. The summed E-state index contributed by atoms with van der Waals surface area (Å²) in [4.78, 5) is 14.0. The molecule has 0 saturated heterocycles. The largest absolute Gasteiger partial charge is 0.456 e. The van der Waals surface area contributed by atoms with E-state index >= 15 is 0 Å². The van der Waals surface area contributed by atoms with Gasteiger partial charge in [0.15, 0.2) is 0 Å². The zero-order valence-electron chi connectivity index (χ0n) is 30.7. The molecule has 4 heterocycles. The van der Waals surface area contributed by atoms with Crippen molar-refractivity contribution in [2.75, 3.05) is 0 Å². The van der Waals surface area contributed by atoms with Crippen LogP contribution in [0, 0.1) is 0 Å². The smallest absolute Gasteiger partial charge is 0.263 e. The van der Waals surface area contributed by atoms with E-state index in [1.165, 1.54) is 44.1 Å². The Kier molecular flexibility index (Phi) is 5.56. The fourth-order valence-corrected chi connectivity index (χ4v) is 10.4. The third-order valence-electron chi connectivity index (χ3n) is 12.9. The Balaban J connectivity index is 1.08. The molecule has 0 aliphatic heterocycles. The van der Waals surface area contributed by atoms with Gasteiger partial charge in [-0.3, -0.25) is 9.20 Å². The minimum atomic E-state index is -0.106. The van der Waals surface area contributed by atoms with Crippen LogP contribution in [0.4, 0.5) is 0 Å². The monoisotopic (exact) mass is 716 g/mol. The molecule has 0 radical (unpaired) electrons. The molecule has 0 unspecified atom stereocenters. The maximum absolute atomic E-state index is 14.0. The van der Waals surface area contributed by atoms with Crippen LogP contribution in [0.2, 0.25) is 0 Å². The zero-order valence-corrected chi connectivity index (χ0v) is 30.7.